The predicted molar refractivity (Wildman–Crippen MR) is 85.5 cm³/mol. The Morgan fingerprint density at radius 2 is 2.10 bits per heavy atom. The smallest absolute Gasteiger partial charge is 0.110 e. The van der Waals surface area contributed by atoms with Crippen molar-refractivity contribution in [1.82, 2.24) is 20.1 Å². The van der Waals surface area contributed by atoms with Crippen molar-refractivity contribution < 1.29 is 5.11 Å². The summed E-state index contributed by atoms with van der Waals surface area (Å²) >= 11 is 1.77. The summed E-state index contributed by atoms with van der Waals surface area (Å²) in [4.78, 5) is 5.94. The lowest BCUT2D eigenvalue weighted by Gasteiger charge is -2.13. The van der Waals surface area contributed by atoms with E-state index in [1.807, 2.05) is 13.1 Å². The molecule has 0 aliphatic carbocycles. The van der Waals surface area contributed by atoms with E-state index in [1.54, 1.807) is 16.0 Å². The quantitative estimate of drug-likeness (QED) is 0.825. The molecule has 2 heterocycles. The summed E-state index contributed by atoms with van der Waals surface area (Å²) in [6.07, 6.45) is 3.01. The van der Waals surface area contributed by atoms with Gasteiger partial charge in [-0.15, -0.1) is 11.3 Å². The van der Waals surface area contributed by atoms with Gasteiger partial charge < -0.3 is 10.4 Å². The van der Waals surface area contributed by atoms with E-state index in [1.165, 1.54) is 10.4 Å². The monoisotopic (exact) mass is 308 g/mol. The highest BCUT2D eigenvalue weighted by molar-refractivity contribution is 7.11. The maximum Gasteiger partial charge on any atom is 0.110 e. The van der Waals surface area contributed by atoms with Crippen molar-refractivity contribution in [2.45, 2.75) is 53.2 Å². The van der Waals surface area contributed by atoms with Gasteiger partial charge in [0.2, 0.25) is 0 Å². The zero-order chi connectivity index (χ0) is 15.4. The van der Waals surface area contributed by atoms with E-state index in [-0.39, 0.29) is 12.6 Å². The SMILES string of the molecule is CCC(NCc1cn(CCO)nc1C)c1nc(C)c(C)s1. The summed E-state index contributed by atoms with van der Waals surface area (Å²) in [7, 11) is 0. The van der Waals surface area contributed by atoms with Crippen LogP contribution >= 0.6 is 11.3 Å². The summed E-state index contributed by atoms with van der Waals surface area (Å²) < 4.78 is 1.80. The van der Waals surface area contributed by atoms with Gasteiger partial charge >= 0.3 is 0 Å². The molecule has 0 radical (unpaired) electrons. The molecule has 116 valence electrons. The van der Waals surface area contributed by atoms with E-state index >= 15 is 0 Å². The summed E-state index contributed by atoms with van der Waals surface area (Å²) in [6.45, 7) is 9.78. The Hall–Kier alpha value is -1.24. The Labute approximate surface area is 130 Å². The number of rotatable bonds is 7. The molecule has 2 aromatic heterocycles. The first kappa shape index (κ1) is 16.1. The number of hydrogen-bond acceptors (Lipinski definition) is 5. The largest absolute Gasteiger partial charge is 0.394 e. The third-order valence-corrected chi connectivity index (χ3v) is 4.85. The maximum atomic E-state index is 8.97. The second kappa shape index (κ2) is 7.15. The van der Waals surface area contributed by atoms with Crippen LogP contribution in [0.25, 0.3) is 0 Å². The third kappa shape index (κ3) is 3.90. The molecule has 21 heavy (non-hydrogen) atoms. The normalized spacial score (nSPS) is 12.8. The van der Waals surface area contributed by atoms with Crippen molar-refractivity contribution in [3.05, 3.63) is 33.0 Å². The first-order chi connectivity index (χ1) is 10.0. The van der Waals surface area contributed by atoms with Crippen LogP contribution in [0.2, 0.25) is 0 Å². The fraction of sp³-hybridized carbons (Fsp3) is 0.600. The number of aryl methyl sites for hydroxylation is 3. The topological polar surface area (TPSA) is 63.0 Å². The zero-order valence-corrected chi connectivity index (χ0v) is 14.0. The molecule has 1 atom stereocenters. The van der Waals surface area contributed by atoms with Gasteiger partial charge in [0, 0.05) is 23.2 Å². The average Bonchev–Trinajstić information content (AvgIpc) is 2.95. The third-order valence-electron chi connectivity index (χ3n) is 3.67. The summed E-state index contributed by atoms with van der Waals surface area (Å²) in [5.41, 5.74) is 3.31. The van der Waals surface area contributed by atoms with Crippen LogP contribution in [0.4, 0.5) is 0 Å². The molecule has 0 bridgehead atoms. The summed E-state index contributed by atoms with van der Waals surface area (Å²) in [5.74, 6) is 0. The molecule has 0 saturated carbocycles. The van der Waals surface area contributed by atoms with Crippen molar-refractivity contribution in [3.63, 3.8) is 0 Å². The van der Waals surface area contributed by atoms with Crippen LogP contribution in [0.3, 0.4) is 0 Å². The van der Waals surface area contributed by atoms with E-state index in [9.17, 15) is 0 Å². The van der Waals surface area contributed by atoms with Gasteiger partial charge in [-0.25, -0.2) is 4.98 Å². The van der Waals surface area contributed by atoms with E-state index in [0.717, 1.165) is 29.4 Å². The van der Waals surface area contributed by atoms with E-state index in [0.29, 0.717) is 6.54 Å². The van der Waals surface area contributed by atoms with E-state index < -0.39 is 0 Å². The highest BCUT2D eigenvalue weighted by atomic mass is 32.1. The van der Waals surface area contributed by atoms with Crippen LogP contribution in [-0.2, 0) is 13.1 Å². The van der Waals surface area contributed by atoms with Crippen molar-refractivity contribution in [1.29, 1.82) is 0 Å². The molecule has 2 rings (SSSR count). The highest BCUT2D eigenvalue weighted by Gasteiger charge is 2.15. The van der Waals surface area contributed by atoms with Crippen LogP contribution in [0.15, 0.2) is 6.20 Å². The molecular formula is C15H24N4OS. The van der Waals surface area contributed by atoms with Gasteiger partial charge in [0.15, 0.2) is 0 Å². The van der Waals surface area contributed by atoms with Gasteiger partial charge in [-0.3, -0.25) is 4.68 Å². The number of hydrogen-bond donors (Lipinski definition) is 2. The van der Waals surface area contributed by atoms with Gasteiger partial charge in [-0.05, 0) is 27.2 Å². The fourth-order valence-electron chi connectivity index (χ4n) is 2.24. The maximum absolute atomic E-state index is 8.97. The molecule has 5 nitrogen and oxygen atoms in total. The Balaban J connectivity index is 2.03. The van der Waals surface area contributed by atoms with Gasteiger partial charge in [0.1, 0.15) is 5.01 Å². The first-order valence-corrected chi connectivity index (χ1v) is 8.17. The molecule has 0 aliphatic rings. The molecule has 0 fully saturated rings. The minimum Gasteiger partial charge on any atom is -0.394 e. The fourth-order valence-corrected chi connectivity index (χ4v) is 3.32. The second-order valence-electron chi connectivity index (χ2n) is 5.26. The molecule has 0 saturated heterocycles. The molecule has 6 heteroatoms. The Bertz CT molecular complexity index is 571. The van der Waals surface area contributed by atoms with Crippen molar-refractivity contribution in [2.75, 3.05) is 6.61 Å². The molecule has 0 spiro atoms. The predicted octanol–water partition coefficient (Wildman–Crippen LogP) is 2.50. The molecular weight excluding hydrogens is 284 g/mol. The van der Waals surface area contributed by atoms with Gasteiger partial charge in [-0.1, -0.05) is 6.92 Å². The number of aromatic nitrogens is 3. The Morgan fingerprint density at radius 3 is 2.67 bits per heavy atom. The minimum atomic E-state index is 0.114. The van der Waals surface area contributed by atoms with Gasteiger partial charge in [0.05, 0.1) is 30.6 Å². The van der Waals surface area contributed by atoms with Crippen LogP contribution in [0.1, 0.15) is 46.2 Å². The lowest BCUT2D eigenvalue weighted by atomic mass is 10.2. The first-order valence-electron chi connectivity index (χ1n) is 7.36. The number of nitrogens with one attached hydrogen (secondary N) is 1. The van der Waals surface area contributed by atoms with Crippen LogP contribution in [-0.4, -0.2) is 26.5 Å². The molecule has 0 aromatic carbocycles. The zero-order valence-electron chi connectivity index (χ0n) is 13.2. The number of thiazole rings is 1. The number of nitrogens with zero attached hydrogens (tertiary/aromatic N) is 3. The molecule has 0 amide bonds. The van der Waals surface area contributed by atoms with Gasteiger partial charge in [0.25, 0.3) is 0 Å². The van der Waals surface area contributed by atoms with Crippen molar-refractivity contribution in [2.24, 2.45) is 0 Å². The molecule has 2 aromatic rings. The lowest BCUT2D eigenvalue weighted by molar-refractivity contribution is 0.269. The lowest BCUT2D eigenvalue weighted by Crippen LogP contribution is -2.20. The van der Waals surface area contributed by atoms with Crippen molar-refractivity contribution in [3.8, 4) is 0 Å². The van der Waals surface area contributed by atoms with E-state index in [4.69, 9.17) is 5.11 Å². The Kier molecular flexibility index (Phi) is 5.50. The van der Waals surface area contributed by atoms with Crippen molar-refractivity contribution >= 4 is 11.3 Å². The standard InChI is InChI=1S/C15H24N4OS/c1-5-14(15-17-10(2)12(4)21-15)16-8-13-9-19(6-7-20)18-11(13)3/h9,14,16,20H,5-8H2,1-4H3. The van der Waals surface area contributed by atoms with E-state index in [2.05, 4.69) is 36.2 Å². The minimum absolute atomic E-state index is 0.114. The van der Waals surface area contributed by atoms with Crippen LogP contribution < -0.4 is 5.32 Å². The van der Waals surface area contributed by atoms with Crippen LogP contribution in [0.5, 0.6) is 0 Å². The van der Waals surface area contributed by atoms with Gasteiger partial charge in [-0.2, -0.15) is 5.10 Å². The number of aliphatic hydroxyl groups is 1. The average molecular weight is 308 g/mol. The summed E-state index contributed by atoms with van der Waals surface area (Å²) in [6, 6.07) is 0.281. The van der Waals surface area contributed by atoms with Crippen LogP contribution in [0, 0.1) is 20.8 Å². The summed E-state index contributed by atoms with van der Waals surface area (Å²) in [5, 5.41) is 18.1. The Morgan fingerprint density at radius 1 is 1.33 bits per heavy atom. The molecule has 1 unspecified atom stereocenters. The second-order valence-corrected chi connectivity index (χ2v) is 6.50. The number of aliphatic hydroxyl groups excluding tert-OH is 1. The molecule has 0 aliphatic heterocycles. The highest BCUT2D eigenvalue weighted by Crippen LogP contribution is 2.25. The molecule has 2 N–H and O–H groups in total.